The fraction of sp³-hybridized carbons (Fsp3) is 0.500. The number of hydrogen-bond acceptors (Lipinski definition) is 2. The zero-order chi connectivity index (χ0) is 15.4. The Bertz CT molecular complexity index is 588. The summed E-state index contributed by atoms with van der Waals surface area (Å²) in [6.07, 6.45) is 12.8. The smallest absolute Gasteiger partial charge is 0.106 e. The van der Waals surface area contributed by atoms with E-state index in [2.05, 4.69) is 23.4 Å². The summed E-state index contributed by atoms with van der Waals surface area (Å²) >= 11 is 6.54. The summed E-state index contributed by atoms with van der Waals surface area (Å²) in [4.78, 5) is 7.94. The third-order valence-corrected chi connectivity index (χ3v) is 4.94. The van der Waals surface area contributed by atoms with E-state index in [-0.39, 0.29) is 0 Å². The minimum absolute atomic E-state index is 0.580. The summed E-state index contributed by atoms with van der Waals surface area (Å²) in [6.45, 7) is 2.13. The number of nitrogens with zero attached hydrogens (tertiary/aromatic N) is 1. The topological polar surface area (TPSA) is 40.2 Å². The Balaban J connectivity index is 1.78. The lowest BCUT2D eigenvalue weighted by Gasteiger charge is -2.14. The molecule has 1 aromatic rings. The van der Waals surface area contributed by atoms with E-state index < -0.39 is 0 Å². The molecule has 1 aliphatic heterocycles. The third-order valence-electron chi connectivity index (χ3n) is 4.53. The Labute approximate surface area is 137 Å². The molecule has 0 aromatic carbocycles. The van der Waals surface area contributed by atoms with E-state index in [1.807, 2.05) is 18.3 Å². The van der Waals surface area contributed by atoms with Crippen LogP contribution in [0.2, 0.25) is 0 Å². The van der Waals surface area contributed by atoms with Crippen LogP contribution in [0.5, 0.6) is 0 Å². The maximum Gasteiger partial charge on any atom is 0.106 e. The van der Waals surface area contributed by atoms with Crippen LogP contribution < -0.4 is 5.32 Å². The Morgan fingerprint density at radius 2 is 2.09 bits per heavy atom. The molecule has 0 spiro atoms. The van der Waals surface area contributed by atoms with Crippen molar-refractivity contribution in [1.82, 2.24) is 10.3 Å². The Morgan fingerprint density at radius 1 is 1.32 bits per heavy atom. The lowest BCUT2D eigenvalue weighted by atomic mass is 10.1. The van der Waals surface area contributed by atoms with Crippen LogP contribution >= 0.6 is 11.6 Å². The van der Waals surface area contributed by atoms with E-state index in [0.29, 0.717) is 6.04 Å². The van der Waals surface area contributed by atoms with Crippen LogP contribution in [-0.2, 0) is 0 Å². The second kappa shape index (κ2) is 7.19. The van der Waals surface area contributed by atoms with Crippen LogP contribution in [0.1, 0.15) is 57.6 Å². The lowest BCUT2D eigenvalue weighted by Crippen LogP contribution is -2.23. The van der Waals surface area contributed by atoms with Crippen molar-refractivity contribution in [2.75, 3.05) is 0 Å². The molecule has 2 aliphatic rings. The molecule has 118 valence electrons. The highest BCUT2D eigenvalue weighted by Crippen LogP contribution is 2.32. The van der Waals surface area contributed by atoms with Crippen molar-refractivity contribution in [3.63, 3.8) is 0 Å². The summed E-state index contributed by atoms with van der Waals surface area (Å²) in [6, 6.07) is 4.56. The van der Waals surface area contributed by atoms with Gasteiger partial charge in [0.25, 0.3) is 0 Å². The first-order valence-corrected chi connectivity index (χ1v) is 8.75. The zero-order valence-electron chi connectivity index (χ0n) is 13.2. The van der Waals surface area contributed by atoms with Crippen molar-refractivity contribution in [2.45, 2.75) is 57.9 Å². The van der Waals surface area contributed by atoms with Crippen molar-refractivity contribution < 1.29 is 0 Å². The number of aromatic amines is 1. The molecule has 2 N–H and O–H groups in total. The van der Waals surface area contributed by atoms with E-state index in [4.69, 9.17) is 16.6 Å². The van der Waals surface area contributed by atoms with Crippen LogP contribution in [0.4, 0.5) is 0 Å². The maximum atomic E-state index is 6.54. The van der Waals surface area contributed by atoms with E-state index in [0.717, 1.165) is 34.1 Å². The fourth-order valence-corrected chi connectivity index (χ4v) is 3.62. The van der Waals surface area contributed by atoms with Crippen molar-refractivity contribution in [1.29, 1.82) is 0 Å². The van der Waals surface area contributed by atoms with E-state index in [1.165, 1.54) is 38.5 Å². The van der Waals surface area contributed by atoms with Gasteiger partial charge < -0.3 is 10.3 Å². The zero-order valence-corrected chi connectivity index (χ0v) is 13.9. The molecule has 0 unspecified atom stereocenters. The second-order valence-corrected chi connectivity index (χ2v) is 6.45. The maximum absolute atomic E-state index is 6.54. The molecule has 1 aromatic heterocycles. The number of hydrogen-bond donors (Lipinski definition) is 2. The van der Waals surface area contributed by atoms with Gasteiger partial charge in [-0.25, -0.2) is 4.99 Å². The molecule has 2 heterocycles. The molecule has 1 fully saturated rings. The average Bonchev–Trinajstić information content (AvgIpc) is 3.06. The monoisotopic (exact) mass is 317 g/mol. The number of H-pyrrole nitrogens is 1. The van der Waals surface area contributed by atoms with E-state index >= 15 is 0 Å². The second-order valence-electron chi connectivity index (χ2n) is 6.08. The van der Waals surface area contributed by atoms with Crippen LogP contribution in [0.15, 0.2) is 45.8 Å². The molecule has 0 saturated heterocycles. The quantitative estimate of drug-likeness (QED) is 0.764. The standard InChI is InChI=1S/C18H24ClN3/c1-2-14-16(12-21-13-8-5-3-4-6-9-13)22-18(17(14)19)15-10-7-11-20-15/h7,10-13,20-21H,2-6,8-9H2,1H3/b16-12+. The average molecular weight is 318 g/mol. The molecule has 0 amide bonds. The number of aliphatic imine (C=N–C) groups is 1. The van der Waals surface area contributed by atoms with Gasteiger partial charge in [0.1, 0.15) is 5.71 Å². The van der Waals surface area contributed by atoms with Gasteiger partial charge >= 0.3 is 0 Å². The molecule has 0 bridgehead atoms. The molecule has 3 nitrogen and oxygen atoms in total. The highest BCUT2D eigenvalue weighted by atomic mass is 35.5. The van der Waals surface area contributed by atoms with Crippen molar-refractivity contribution in [2.24, 2.45) is 4.99 Å². The molecular weight excluding hydrogens is 294 g/mol. The van der Waals surface area contributed by atoms with Gasteiger partial charge in [-0.15, -0.1) is 0 Å². The van der Waals surface area contributed by atoms with Gasteiger partial charge in [-0.3, -0.25) is 0 Å². The van der Waals surface area contributed by atoms with E-state index in [9.17, 15) is 0 Å². The van der Waals surface area contributed by atoms with Gasteiger partial charge in [0, 0.05) is 18.4 Å². The highest BCUT2D eigenvalue weighted by Gasteiger charge is 2.23. The van der Waals surface area contributed by atoms with Gasteiger partial charge in [-0.1, -0.05) is 44.2 Å². The normalized spacial score (nSPS) is 22.1. The van der Waals surface area contributed by atoms with Crippen molar-refractivity contribution in [3.05, 3.63) is 46.5 Å². The summed E-state index contributed by atoms with van der Waals surface area (Å²) in [5.41, 5.74) is 3.96. The minimum Gasteiger partial charge on any atom is -0.386 e. The van der Waals surface area contributed by atoms with E-state index in [1.54, 1.807) is 0 Å². The number of aromatic nitrogens is 1. The van der Waals surface area contributed by atoms with Crippen LogP contribution in [0.25, 0.3) is 0 Å². The first-order chi connectivity index (χ1) is 10.8. The molecular formula is C18H24ClN3. The molecule has 0 atom stereocenters. The van der Waals surface area contributed by atoms with Gasteiger partial charge in [-0.2, -0.15) is 0 Å². The molecule has 4 heteroatoms. The molecule has 22 heavy (non-hydrogen) atoms. The molecule has 1 saturated carbocycles. The van der Waals surface area contributed by atoms with Gasteiger partial charge in [0.2, 0.25) is 0 Å². The number of nitrogens with one attached hydrogen (secondary N) is 2. The lowest BCUT2D eigenvalue weighted by molar-refractivity contribution is 0.515. The highest BCUT2D eigenvalue weighted by molar-refractivity contribution is 6.47. The molecule has 1 aliphatic carbocycles. The predicted octanol–water partition coefficient (Wildman–Crippen LogP) is 4.87. The predicted molar refractivity (Wildman–Crippen MR) is 93.2 cm³/mol. The number of halogens is 1. The third kappa shape index (κ3) is 3.30. The number of rotatable bonds is 4. The molecule has 3 rings (SSSR count). The van der Waals surface area contributed by atoms with Gasteiger partial charge in [0.15, 0.2) is 0 Å². The SMILES string of the molecule is CCC1=C(Cl)C(c2ccc[nH]2)=N/C1=C/NC1CCCCCC1. The largest absolute Gasteiger partial charge is 0.386 e. The summed E-state index contributed by atoms with van der Waals surface area (Å²) in [7, 11) is 0. The summed E-state index contributed by atoms with van der Waals surface area (Å²) < 4.78 is 0. The van der Waals surface area contributed by atoms with Crippen molar-refractivity contribution >= 4 is 17.3 Å². The number of allylic oxidation sites excluding steroid dienone is 2. The Hall–Kier alpha value is -1.48. The van der Waals surface area contributed by atoms with Crippen LogP contribution in [0, 0.1) is 0 Å². The van der Waals surface area contributed by atoms with Gasteiger partial charge in [-0.05, 0) is 37.0 Å². The Kier molecular flexibility index (Phi) is 5.04. The van der Waals surface area contributed by atoms with Gasteiger partial charge in [0.05, 0.1) is 16.4 Å². The van der Waals surface area contributed by atoms with Crippen LogP contribution in [-0.4, -0.2) is 16.7 Å². The molecule has 0 radical (unpaired) electrons. The van der Waals surface area contributed by atoms with Crippen molar-refractivity contribution in [3.8, 4) is 0 Å². The first-order valence-electron chi connectivity index (χ1n) is 8.37. The Morgan fingerprint density at radius 3 is 2.73 bits per heavy atom. The van der Waals surface area contributed by atoms with Crippen LogP contribution in [0.3, 0.4) is 0 Å². The minimum atomic E-state index is 0.580. The first kappa shape index (κ1) is 15.4. The summed E-state index contributed by atoms with van der Waals surface area (Å²) in [5, 5.41) is 4.36. The summed E-state index contributed by atoms with van der Waals surface area (Å²) in [5.74, 6) is 0. The fourth-order valence-electron chi connectivity index (χ4n) is 3.25.